The van der Waals surface area contributed by atoms with Crippen LogP contribution in [-0.4, -0.2) is 23.0 Å². The molecule has 0 radical (unpaired) electrons. The molecule has 5 nitrogen and oxygen atoms in total. The molecule has 9 heteroatoms. The fourth-order valence-corrected chi connectivity index (χ4v) is 3.79. The number of aromatic nitrogens is 1. The molecule has 1 amide bonds. The molecule has 3 rings (SSSR count). The molecule has 0 bridgehead atoms. The van der Waals surface area contributed by atoms with Gasteiger partial charge >= 0.3 is 6.18 Å². The predicted molar refractivity (Wildman–Crippen MR) is 131 cm³/mol. The minimum atomic E-state index is -4.52. The standard InChI is InChI=1S/C27H25ClF3N3O2/c1-17(23(14-32)22-7-5-4-6-21(22)18-8-11-20(28)12-9-18)15-34-25(35)26(2,3)36-24-13-10-19(16-33-24)27(29,30)31/h4-13,16-17,23H,15H2,1-3H3,(H,34,35). The minimum Gasteiger partial charge on any atom is -0.462 e. The van der Waals surface area contributed by atoms with Crippen LogP contribution >= 0.6 is 11.6 Å². The van der Waals surface area contributed by atoms with E-state index in [2.05, 4.69) is 16.4 Å². The number of amides is 1. The van der Waals surface area contributed by atoms with Crippen molar-refractivity contribution in [3.8, 4) is 23.1 Å². The van der Waals surface area contributed by atoms with E-state index in [1.54, 1.807) is 12.1 Å². The lowest BCUT2D eigenvalue weighted by molar-refractivity contribution is -0.138. The first-order valence-electron chi connectivity index (χ1n) is 11.2. The maximum Gasteiger partial charge on any atom is 0.417 e. The molecule has 2 atom stereocenters. The number of carbonyl (C=O) groups is 1. The van der Waals surface area contributed by atoms with E-state index in [0.717, 1.165) is 28.8 Å². The zero-order chi connectivity index (χ0) is 26.5. The van der Waals surface area contributed by atoms with Gasteiger partial charge in [-0.1, -0.05) is 54.9 Å². The van der Waals surface area contributed by atoms with Gasteiger partial charge in [0.15, 0.2) is 5.60 Å². The molecule has 2 aromatic carbocycles. The van der Waals surface area contributed by atoms with Crippen molar-refractivity contribution in [2.45, 2.75) is 38.5 Å². The average Bonchev–Trinajstić information content (AvgIpc) is 2.83. The van der Waals surface area contributed by atoms with Crippen molar-refractivity contribution in [1.29, 1.82) is 5.26 Å². The van der Waals surface area contributed by atoms with Crippen LogP contribution < -0.4 is 10.1 Å². The van der Waals surface area contributed by atoms with Crippen LogP contribution in [0.4, 0.5) is 13.2 Å². The number of nitrogens with one attached hydrogen (secondary N) is 1. The molecular formula is C27H25ClF3N3O2. The Morgan fingerprint density at radius 1 is 1.11 bits per heavy atom. The summed E-state index contributed by atoms with van der Waals surface area (Å²) in [7, 11) is 0. The SMILES string of the molecule is CC(CNC(=O)C(C)(C)Oc1ccc(C(F)(F)F)cn1)C(C#N)c1ccccc1-c1ccc(Cl)cc1. The molecule has 36 heavy (non-hydrogen) atoms. The largest absolute Gasteiger partial charge is 0.462 e. The maximum absolute atomic E-state index is 12.8. The summed E-state index contributed by atoms with van der Waals surface area (Å²) < 4.78 is 43.8. The van der Waals surface area contributed by atoms with E-state index >= 15 is 0 Å². The summed E-state index contributed by atoms with van der Waals surface area (Å²) in [5, 5.41) is 13.4. The van der Waals surface area contributed by atoms with Crippen molar-refractivity contribution in [3.05, 3.63) is 83.0 Å². The van der Waals surface area contributed by atoms with E-state index in [0.29, 0.717) is 11.2 Å². The van der Waals surface area contributed by atoms with Gasteiger partial charge in [-0.3, -0.25) is 4.79 Å². The Labute approximate surface area is 212 Å². The van der Waals surface area contributed by atoms with Gasteiger partial charge in [0.2, 0.25) is 5.88 Å². The number of hydrogen-bond acceptors (Lipinski definition) is 4. The molecule has 1 heterocycles. The lowest BCUT2D eigenvalue weighted by Crippen LogP contribution is -2.48. The molecular weight excluding hydrogens is 491 g/mol. The topological polar surface area (TPSA) is 75.0 Å². The Bertz CT molecular complexity index is 1240. The van der Waals surface area contributed by atoms with Crippen molar-refractivity contribution in [1.82, 2.24) is 10.3 Å². The maximum atomic E-state index is 12.8. The van der Waals surface area contributed by atoms with Crippen LogP contribution in [0.1, 0.15) is 37.8 Å². The third kappa shape index (κ3) is 6.55. The van der Waals surface area contributed by atoms with Crippen LogP contribution in [0.3, 0.4) is 0 Å². The molecule has 2 unspecified atom stereocenters. The number of nitrogens with zero attached hydrogens (tertiary/aromatic N) is 2. The van der Waals surface area contributed by atoms with Crippen LogP contribution in [-0.2, 0) is 11.0 Å². The van der Waals surface area contributed by atoms with Gasteiger partial charge in [-0.25, -0.2) is 4.98 Å². The van der Waals surface area contributed by atoms with Crippen LogP contribution in [0.2, 0.25) is 5.02 Å². The van der Waals surface area contributed by atoms with E-state index in [1.807, 2.05) is 43.3 Å². The van der Waals surface area contributed by atoms with Crippen molar-refractivity contribution < 1.29 is 22.7 Å². The second kappa shape index (κ2) is 11.0. The first-order valence-corrected chi connectivity index (χ1v) is 11.5. The van der Waals surface area contributed by atoms with Gasteiger partial charge in [0.1, 0.15) is 0 Å². The molecule has 0 saturated carbocycles. The number of alkyl halides is 3. The number of ether oxygens (including phenoxy) is 1. The Morgan fingerprint density at radius 2 is 1.78 bits per heavy atom. The van der Waals surface area contributed by atoms with Gasteiger partial charge in [0.05, 0.1) is 17.6 Å². The smallest absolute Gasteiger partial charge is 0.417 e. The number of rotatable bonds is 8. The number of halogens is 4. The number of carbonyl (C=O) groups excluding carboxylic acids is 1. The lowest BCUT2D eigenvalue weighted by atomic mass is 9.83. The van der Waals surface area contributed by atoms with Crippen molar-refractivity contribution in [2.24, 2.45) is 5.92 Å². The molecule has 0 saturated heterocycles. The summed E-state index contributed by atoms with van der Waals surface area (Å²) in [4.78, 5) is 16.5. The summed E-state index contributed by atoms with van der Waals surface area (Å²) in [5.74, 6) is -1.37. The summed E-state index contributed by atoms with van der Waals surface area (Å²) in [6.07, 6.45) is -3.86. The third-order valence-electron chi connectivity index (χ3n) is 5.71. The number of pyridine rings is 1. The summed E-state index contributed by atoms with van der Waals surface area (Å²) in [6, 6.07) is 19.2. The van der Waals surface area contributed by atoms with E-state index < -0.39 is 29.2 Å². The van der Waals surface area contributed by atoms with E-state index in [9.17, 15) is 23.2 Å². The fourth-order valence-electron chi connectivity index (χ4n) is 3.66. The van der Waals surface area contributed by atoms with Crippen LogP contribution in [0.15, 0.2) is 66.9 Å². The first-order chi connectivity index (χ1) is 16.9. The van der Waals surface area contributed by atoms with Crippen LogP contribution in [0.25, 0.3) is 11.1 Å². The first kappa shape index (κ1) is 27.0. The van der Waals surface area contributed by atoms with Crippen molar-refractivity contribution in [3.63, 3.8) is 0 Å². The zero-order valence-corrected chi connectivity index (χ0v) is 20.7. The Kier molecular flexibility index (Phi) is 8.26. The molecule has 0 aliphatic carbocycles. The highest BCUT2D eigenvalue weighted by Crippen LogP contribution is 2.34. The summed E-state index contributed by atoms with van der Waals surface area (Å²) in [6.45, 7) is 5.02. The number of nitriles is 1. The normalized spacial score (nSPS) is 13.4. The Morgan fingerprint density at radius 3 is 2.36 bits per heavy atom. The third-order valence-corrected chi connectivity index (χ3v) is 5.97. The van der Waals surface area contributed by atoms with Gasteiger partial charge in [-0.2, -0.15) is 18.4 Å². The number of hydrogen-bond donors (Lipinski definition) is 1. The van der Waals surface area contributed by atoms with Crippen LogP contribution in [0.5, 0.6) is 5.88 Å². The average molecular weight is 516 g/mol. The zero-order valence-electron chi connectivity index (χ0n) is 19.9. The minimum absolute atomic E-state index is 0.108. The molecule has 0 aliphatic rings. The highest BCUT2D eigenvalue weighted by molar-refractivity contribution is 6.30. The van der Waals surface area contributed by atoms with Gasteiger partial charge in [-0.05, 0) is 54.7 Å². The molecule has 0 fully saturated rings. The Balaban J connectivity index is 1.69. The predicted octanol–water partition coefficient (Wildman–Crippen LogP) is 6.64. The second-order valence-corrected chi connectivity index (χ2v) is 9.32. The van der Waals surface area contributed by atoms with Crippen LogP contribution in [0, 0.1) is 17.2 Å². The molecule has 0 aliphatic heterocycles. The van der Waals surface area contributed by atoms with E-state index in [1.165, 1.54) is 13.8 Å². The van der Waals surface area contributed by atoms with E-state index in [4.69, 9.17) is 16.3 Å². The molecule has 188 valence electrons. The number of benzene rings is 2. The Hall–Kier alpha value is -3.57. The van der Waals surface area contributed by atoms with Gasteiger partial charge in [0, 0.05) is 23.8 Å². The highest BCUT2D eigenvalue weighted by Gasteiger charge is 2.33. The van der Waals surface area contributed by atoms with Gasteiger partial charge in [0.25, 0.3) is 5.91 Å². The van der Waals surface area contributed by atoms with E-state index in [-0.39, 0.29) is 18.3 Å². The molecule has 0 spiro atoms. The molecule has 1 aromatic heterocycles. The van der Waals surface area contributed by atoms with Gasteiger partial charge < -0.3 is 10.1 Å². The fraction of sp³-hybridized carbons (Fsp3) is 0.296. The lowest BCUT2D eigenvalue weighted by Gasteiger charge is -2.27. The quantitative estimate of drug-likeness (QED) is 0.365. The monoisotopic (exact) mass is 515 g/mol. The van der Waals surface area contributed by atoms with Crippen molar-refractivity contribution >= 4 is 17.5 Å². The van der Waals surface area contributed by atoms with Gasteiger partial charge in [-0.15, -0.1) is 0 Å². The summed E-state index contributed by atoms with van der Waals surface area (Å²) >= 11 is 6.01. The molecule has 3 aromatic rings. The summed E-state index contributed by atoms with van der Waals surface area (Å²) in [5.41, 5.74) is 0.331. The second-order valence-electron chi connectivity index (χ2n) is 8.88. The highest BCUT2D eigenvalue weighted by atomic mass is 35.5. The van der Waals surface area contributed by atoms with Crippen molar-refractivity contribution in [2.75, 3.05) is 6.54 Å². The molecule has 1 N–H and O–H groups in total.